The zero-order valence-corrected chi connectivity index (χ0v) is 13.1. The highest BCUT2D eigenvalue weighted by atomic mass is 16.4. The van der Waals surface area contributed by atoms with Gasteiger partial charge in [-0.1, -0.05) is 25.1 Å². The number of aliphatic hydroxyl groups is 1. The van der Waals surface area contributed by atoms with Crippen molar-refractivity contribution in [3.63, 3.8) is 0 Å². The summed E-state index contributed by atoms with van der Waals surface area (Å²) in [7, 11) is 0. The quantitative estimate of drug-likeness (QED) is 0.932. The molecular formula is C18H25NO2. The van der Waals surface area contributed by atoms with Crippen molar-refractivity contribution < 1.29 is 9.52 Å². The zero-order chi connectivity index (χ0) is 14.9. The van der Waals surface area contributed by atoms with E-state index < -0.39 is 5.60 Å². The van der Waals surface area contributed by atoms with Crippen LogP contribution < -0.4 is 0 Å². The molecule has 1 unspecified atom stereocenters. The number of rotatable bonds is 3. The summed E-state index contributed by atoms with van der Waals surface area (Å²) in [5, 5.41) is 12.2. The van der Waals surface area contributed by atoms with E-state index in [1.54, 1.807) is 0 Å². The number of hydrogen-bond donors (Lipinski definition) is 1. The number of aryl methyl sites for hydroxylation is 1. The van der Waals surface area contributed by atoms with Crippen molar-refractivity contribution >= 4 is 11.0 Å². The van der Waals surface area contributed by atoms with Gasteiger partial charge in [0.05, 0.1) is 0 Å². The van der Waals surface area contributed by atoms with Gasteiger partial charge in [0, 0.05) is 11.9 Å². The maximum atomic E-state index is 11.1. The van der Waals surface area contributed by atoms with Crippen LogP contribution in [0.4, 0.5) is 0 Å². The first-order chi connectivity index (χ1) is 10.1. The van der Waals surface area contributed by atoms with Gasteiger partial charge >= 0.3 is 0 Å². The van der Waals surface area contributed by atoms with Crippen LogP contribution in [0.5, 0.6) is 0 Å². The summed E-state index contributed by atoms with van der Waals surface area (Å²) in [4.78, 5) is 2.45. The van der Waals surface area contributed by atoms with E-state index in [9.17, 15) is 5.11 Å². The van der Waals surface area contributed by atoms with Crippen LogP contribution in [0.2, 0.25) is 0 Å². The van der Waals surface area contributed by atoms with Crippen LogP contribution >= 0.6 is 0 Å². The molecule has 1 atom stereocenters. The third-order valence-electron chi connectivity index (χ3n) is 4.65. The van der Waals surface area contributed by atoms with Crippen LogP contribution in [0.15, 0.2) is 28.7 Å². The first-order valence-corrected chi connectivity index (χ1v) is 8.07. The Morgan fingerprint density at radius 3 is 2.90 bits per heavy atom. The van der Waals surface area contributed by atoms with Crippen molar-refractivity contribution in [2.75, 3.05) is 19.6 Å². The summed E-state index contributed by atoms with van der Waals surface area (Å²) in [5.74, 6) is 0.741. The summed E-state index contributed by atoms with van der Waals surface area (Å²) in [6.07, 6.45) is 3.73. The van der Waals surface area contributed by atoms with E-state index in [1.807, 2.05) is 12.1 Å². The van der Waals surface area contributed by atoms with Crippen molar-refractivity contribution in [3.8, 4) is 0 Å². The predicted octanol–water partition coefficient (Wildman–Crippen LogP) is 3.82. The van der Waals surface area contributed by atoms with Gasteiger partial charge in [0.1, 0.15) is 16.9 Å². The van der Waals surface area contributed by atoms with Crippen LogP contribution in [0, 0.1) is 6.92 Å². The van der Waals surface area contributed by atoms with Gasteiger partial charge < -0.3 is 14.4 Å². The van der Waals surface area contributed by atoms with Crippen LogP contribution in [0.3, 0.4) is 0 Å². The molecule has 2 heterocycles. The van der Waals surface area contributed by atoms with E-state index in [-0.39, 0.29) is 0 Å². The van der Waals surface area contributed by atoms with Gasteiger partial charge in [0.25, 0.3) is 0 Å². The topological polar surface area (TPSA) is 36.6 Å². The molecule has 0 amide bonds. The fraction of sp³-hybridized carbons (Fsp3) is 0.556. The van der Waals surface area contributed by atoms with Gasteiger partial charge in [0.15, 0.2) is 0 Å². The molecule has 21 heavy (non-hydrogen) atoms. The Balaban J connectivity index is 1.88. The molecule has 3 heteroatoms. The van der Waals surface area contributed by atoms with Crippen molar-refractivity contribution in [2.24, 2.45) is 0 Å². The molecule has 1 fully saturated rings. The maximum Gasteiger partial charge on any atom is 0.137 e. The Labute approximate surface area is 126 Å². The summed E-state index contributed by atoms with van der Waals surface area (Å²) < 4.78 is 6.02. The normalized spacial score (nSPS) is 24.3. The Hall–Kier alpha value is -1.32. The van der Waals surface area contributed by atoms with Crippen molar-refractivity contribution in [1.29, 1.82) is 0 Å². The lowest BCUT2D eigenvalue weighted by atomic mass is 9.92. The first-order valence-electron chi connectivity index (χ1n) is 8.07. The molecule has 3 nitrogen and oxygen atoms in total. The van der Waals surface area contributed by atoms with Crippen molar-refractivity contribution in [3.05, 3.63) is 35.6 Å². The van der Waals surface area contributed by atoms with Crippen LogP contribution in [-0.2, 0) is 5.60 Å². The molecule has 0 saturated carbocycles. The number of para-hydroxylation sites is 1. The van der Waals surface area contributed by atoms with Crippen molar-refractivity contribution in [2.45, 2.75) is 45.1 Å². The third-order valence-corrected chi connectivity index (χ3v) is 4.65. The average Bonchev–Trinajstić information content (AvgIpc) is 2.83. The van der Waals surface area contributed by atoms with E-state index >= 15 is 0 Å². The molecule has 0 spiro atoms. The lowest BCUT2D eigenvalue weighted by molar-refractivity contribution is 0.00177. The number of nitrogens with zero attached hydrogens (tertiary/aromatic N) is 1. The van der Waals surface area contributed by atoms with Crippen LogP contribution in [0.25, 0.3) is 11.0 Å². The molecule has 0 bridgehead atoms. The van der Waals surface area contributed by atoms with E-state index in [2.05, 4.69) is 30.9 Å². The molecule has 0 radical (unpaired) electrons. The van der Waals surface area contributed by atoms with Gasteiger partial charge in [0.2, 0.25) is 0 Å². The molecule has 1 aliphatic heterocycles. The maximum absolute atomic E-state index is 11.1. The van der Waals surface area contributed by atoms with E-state index in [1.165, 1.54) is 6.42 Å². The SMILES string of the molecule is CCCN1CCCC(O)(c2cc3cccc(C)c3o2)CC1. The number of furan rings is 1. The molecular weight excluding hydrogens is 262 g/mol. The minimum Gasteiger partial charge on any atom is -0.458 e. The molecule has 1 N–H and O–H groups in total. The zero-order valence-electron chi connectivity index (χ0n) is 13.1. The number of likely N-dealkylation sites (tertiary alicyclic amines) is 1. The van der Waals surface area contributed by atoms with Crippen LogP contribution in [0.1, 0.15) is 43.9 Å². The van der Waals surface area contributed by atoms with Gasteiger partial charge in [-0.15, -0.1) is 0 Å². The molecule has 0 aliphatic carbocycles. The molecule has 3 rings (SSSR count). The average molecular weight is 287 g/mol. The summed E-state index contributed by atoms with van der Waals surface area (Å²) in [6, 6.07) is 8.17. The minimum atomic E-state index is -0.812. The van der Waals surface area contributed by atoms with E-state index in [0.717, 1.165) is 61.2 Å². The minimum absolute atomic E-state index is 0.741. The fourth-order valence-electron chi connectivity index (χ4n) is 3.40. The van der Waals surface area contributed by atoms with Gasteiger partial charge in [-0.2, -0.15) is 0 Å². The Morgan fingerprint density at radius 2 is 2.14 bits per heavy atom. The molecule has 114 valence electrons. The van der Waals surface area contributed by atoms with Crippen LogP contribution in [-0.4, -0.2) is 29.6 Å². The lowest BCUT2D eigenvalue weighted by Gasteiger charge is -2.24. The highest BCUT2D eigenvalue weighted by Crippen LogP contribution is 2.36. The third kappa shape index (κ3) is 2.85. The van der Waals surface area contributed by atoms with Gasteiger partial charge in [-0.3, -0.25) is 0 Å². The predicted molar refractivity (Wildman–Crippen MR) is 85.4 cm³/mol. The number of hydrogen-bond acceptors (Lipinski definition) is 3. The Bertz CT molecular complexity index is 619. The second-order valence-corrected chi connectivity index (χ2v) is 6.33. The lowest BCUT2D eigenvalue weighted by Crippen LogP contribution is -2.29. The van der Waals surface area contributed by atoms with E-state index in [0.29, 0.717) is 0 Å². The molecule has 2 aromatic rings. The second-order valence-electron chi connectivity index (χ2n) is 6.33. The first kappa shape index (κ1) is 14.6. The van der Waals surface area contributed by atoms with Crippen molar-refractivity contribution in [1.82, 2.24) is 4.90 Å². The summed E-state index contributed by atoms with van der Waals surface area (Å²) in [5.41, 5.74) is 1.23. The molecule has 1 aliphatic rings. The Morgan fingerprint density at radius 1 is 1.29 bits per heavy atom. The highest BCUT2D eigenvalue weighted by molar-refractivity contribution is 5.81. The van der Waals surface area contributed by atoms with E-state index in [4.69, 9.17) is 4.42 Å². The summed E-state index contributed by atoms with van der Waals surface area (Å²) in [6.45, 7) is 7.40. The summed E-state index contributed by atoms with van der Waals surface area (Å²) >= 11 is 0. The van der Waals surface area contributed by atoms with Gasteiger partial charge in [-0.05, 0) is 57.3 Å². The smallest absolute Gasteiger partial charge is 0.137 e. The molecule has 1 aromatic carbocycles. The molecule has 1 saturated heterocycles. The highest BCUT2D eigenvalue weighted by Gasteiger charge is 2.35. The Kier molecular flexibility index (Phi) is 4.05. The second kappa shape index (κ2) is 5.82. The molecule has 1 aromatic heterocycles. The standard InChI is InChI=1S/C18H25NO2/c1-3-10-19-11-5-8-18(20,9-12-19)16-13-15-7-4-6-14(2)17(15)21-16/h4,6-7,13,20H,3,5,8-12H2,1-2H3. The van der Waals surface area contributed by atoms with Gasteiger partial charge in [-0.25, -0.2) is 0 Å². The fourth-order valence-corrected chi connectivity index (χ4v) is 3.40. The monoisotopic (exact) mass is 287 g/mol. The largest absolute Gasteiger partial charge is 0.458 e. The number of fused-ring (bicyclic) bond motifs is 1. The number of benzene rings is 1.